The minimum atomic E-state index is -4.47. The van der Waals surface area contributed by atoms with Crippen LogP contribution in [0.2, 0.25) is 0 Å². The Morgan fingerprint density at radius 3 is 2.58 bits per heavy atom. The first-order chi connectivity index (χ1) is 11.8. The second-order valence-corrected chi connectivity index (χ2v) is 5.88. The molecular formula is C15H16F5IN4S. The molecule has 1 heterocycles. The fourth-order valence-electron chi connectivity index (χ4n) is 1.96. The van der Waals surface area contributed by atoms with E-state index in [-0.39, 0.29) is 54.1 Å². The van der Waals surface area contributed by atoms with Crippen LogP contribution in [0.5, 0.6) is 0 Å². The molecular weight excluding hydrogens is 490 g/mol. The van der Waals surface area contributed by atoms with Crippen LogP contribution in [0.4, 0.5) is 22.0 Å². The lowest BCUT2D eigenvalue weighted by atomic mass is 10.1. The molecule has 26 heavy (non-hydrogen) atoms. The zero-order valence-electron chi connectivity index (χ0n) is 13.5. The molecule has 0 radical (unpaired) electrons. The molecule has 0 bridgehead atoms. The first-order valence-electron chi connectivity index (χ1n) is 7.20. The maximum atomic E-state index is 13.5. The number of halogens is 6. The van der Waals surface area contributed by atoms with Gasteiger partial charge in [0.05, 0.1) is 6.54 Å². The van der Waals surface area contributed by atoms with Gasteiger partial charge in [-0.05, 0) is 18.1 Å². The summed E-state index contributed by atoms with van der Waals surface area (Å²) in [4.78, 5) is 7.40. The maximum Gasteiger partial charge on any atom is 0.434 e. The van der Waals surface area contributed by atoms with Gasteiger partial charge in [0.1, 0.15) is 5.01 Å². The molecule has 144 valence electrons. The fraction of sp³-hybridized carbons (Fsp3) is 0.333. The van der Waals surface area contributed by atoms with Gasteiger partial charge in [-0.3, -0.25) is 4.99 Å². The van der Waals surface area contributed by atoms with Crippen LogP contribution in [0.15, 0.2) is 28.6 Å². The lowest BCUT2D eigenvalue weighted by molar-refractivity contribution is -0.140. The summed E-state index contributed by atoms with van der Waals surface area (Å²) in [5.74, 6) is -1.49. The molecule has 0 saturated carbocycles. The van der Waals surface area contributed by atoms with Crippen molar-refractivity contribution in [3.63, 3.8) is 0 Å². The van der Waals surface area contributed by atoms with Gasteiger partial charge in [0, 0.05) is 19.0 Å². The van der Waals surface area contributed by atoms with Gasteiger partial charge in [-0.15, -0.1) is 35.3 Å². The zero-order chi connectivity index (χ0) is 18.4. The number of nitrogens with one attached hydrogen (secondary N) is 2. The van der Waals surface area contributed by atoms with Gasteiger partial charge in [-0.25, -0.2) is 13.8 Å². The zero-order valence-corrected chi connectivity index (χ0v) is 16.7. The maximum absolute atomic E-state index is 13.5. The van der Waals surface area contributed by atoms with Crippen LogP contribution in [-0.4, -0.2) is 24.5 Å². The largest absolute Gasteiger partial charge is 0.434 e. The molecule has 0 fully saturated rings. The van der Waals surface area contributed by atoms with Crippen LogP contribution in [-0.2, 0) is 19.1 Å². The highest BCUT2D eigenvalue weighted by atomic mass is 127. The van der Waals surface area contributed by atoms with Gasteiger partial charge in [0.15, 0.2) is 23.3 Å². The average molecular weight is 506 g/mol. The Balaban J connectivity index is 0.00000338. The summed E-state index contributed by atoms with van der Waals surface area (Å²) in [6.45, 7) is 0.334. The van der Waals surface area contributed by atoms with Crippen molar-refractivity contribution in [2.45, 2.75) is 19.1 Å². The third-order valence-electron chi connectivity index (χ3n) is 3.19. The van der Waals surface area contributed by atoms with Crippen LogP contribution < -0.4 is 10.6 Å². The van der Waals surface area contributed by atoms with E-state index in [1.54, 1.807) is 0 Å². The fourth-order valence-corrected chi connectivity index (χ4v) is 2.70. The summed E-state index contributed by atoms with van der Waals surface area (Å²) in [6.07, 6.45) is -4.25. The number of benzene rings is 1. The van der Waals surface area contributed by atoms with Crippen molar-refractivity contribution >= 4 is 41.3 Å². The summed E-state index contributed by atoms with van der Waals surface area (Å²) in [5.41, 5.74) is -0.712. The molecule has 1 aromatic carbocycles. The van der Waals surface area contributed by atoms with E-state index in [9.17, 15) is 22.0 Å². The number of hydrogen-bond acceptors (Lipinski definition) is 3. The normalized spacial score (nSPS) is 11.8. The molecule has 0 spiro atoms. The highest BCUT2D eigenvalue weighted by Gasteiger charge is 2.33. The second kappa shape index (κ2) is 10.00. The molecule has 2 rings (SSSR count). The molecule has 4 nitrogen and oxygen atoms in total. The Labute approximate surface area is 168 Å². The Kier molecular flexibility index (Phi) is 8.67. The number of rotatable bonds is 5. The van der Waals surface area contributed by atoms with Gasteiger partial charge < -0.3 is 10.6 Å². The summed E-state index contributed by atoms with van der Waals surface area (Å²) in [7, 11) is 1.49. The molecule has 0 aliphatic rings. The van der Waals surface area contributed by atoms with Crippen LogP contribution in [0, 0.1) is 11.6 Å². The number of alkyl halides is 3. The van der Waals surface area contributed by atoms with Gasteiger partial charge in [-0.1, -0.05) is 12.1 Å². The van der Waals surface area contributed by atoms with E-state index >= 15 is 0 Å². The third kappa shape index (κ3) is 6.34. The smallest absolute Gasteiger partial charge is 0.356 e. The van der Waals surface area contributed by atoms with Crippen molar-refractivity contribution in [1.82, 2.24) is 15.6 Å². The van der Waals surface area contributed by atoms with Crippen molar-refractivity contribution < 1.29 is 22.0 Å². The number of aromatic nitrogens is 1. The molecule has 2 aromatic rings. The second-order valence-electron chi connectivity index (χ2n) is 4.94. The summed E-state index contributed by atoms with van der Waals surface area (Å²) in [5, 5.41) is 6.89. The van der Waals surface area contributed by atoms with Crippen molar-refractivity contribution in [3.8, 4) is 0 Å². The first-order valence-corrected chi connectivity index (χ1v) is 8.08. The number of nitrogens with zero attached hydrogens (tertiary/aromatic N) is 2. The van der Waals surface area contributed by atoms with E-state index in [0.717, 1.165) is 22.8 Å². The number of thiazole rings is 1. The summed E-state index contributed by atoms with van der Waals surface area (Å²) < 4.78 is 64.1. The molecule has 0 saturated heterocycles. The number of guanidine groups is 1. The number of aliphatic imine (C=N–C) groups is 1. The van der Waals surface area contributed by atoms with E-state index in [1.165, 1.54) is 19.2 Å². The lowest BCUT2D eigenvalue weighted by Gasteiger charge is -2.11. The minimum absolute atomic E-state index is 0. The molecule has 0 atom stereocenters. The minimum Gasteiger partial charge on any atom is -0.356 e. The van der Waals surface area contributed by atoms with Gasteiger partial charge in [0.25, 0.3) is 0 Å². The van der Waals surface area contributed by atoms with Gasteiger partial charge in [-0.2, -0.15) is 13.2 Å². The molecule has 2 N–H and O–H groups in total. The predicted octanol–water partition coefficient (Wildman–Crippen LogP) is 3.97. The van der Waals surface area contributed by atoms with E-state index in [1.807, 2.05) is 0 Å². The van der Waals surface area contributed by atoms with E-state index in [2.05, 4.69) is 20.6 Å². The molecule has 1 aromatic heterocycles. The molecule has 0 aliphatic carbocycles. The van der Waals surface area contributed by atoms with Crippen LogP contribution in [0.25, 0.3) is 0 Å². The third-order valence-corrected chi connectivity index (χ3v) is 4.04. The SMILES string of the molecule is CN=C(NCCc1cccc(F)c1F)NCc1nc(C(F)(F)F)cs1.I. The Morgan fingerprint density at radius 1 is 1.23 bits per heavy atom. The van der Waals surface area contributed by atoms with Crippen LogP contribution in [0.3, 0.4) is 0 Å². The van der Waals surface area contributed by atoms with Gasteiger partial charge >= 0.3 is 6.18 Å². The van der Waals surface area contributed by atoms with Crippen molar-refractivity contribution in [1.29, 1.82) is 0 Å². The van der Waals surface area contributed by atoms with Crippen molar-refractivity contribution in [3.05, 3.63) is 51.5 Å². The monoisotopic (exact) mass is 506 g/mol. The van der Waals surface area contributed by atoms with E-state index < -0.39 is 23.5 Å². The summed E-state index contributed by atoms with van der Waals surface area (Å²) in [6, 6.07) is 3.93. The Bertz CT molecular complexity index is 748. The Morgan fingerprint density at radius 2 is 1.96 bits per heavy atom. The molecule has 11 heteroatoms. The van der Waals surface area contributed by atoms with Gasteiger partial charge in [0.2, 0.25) is 0 Å². The molecule has 0 aliphatic heterocycles. The van der Waals surface area contributed by atoms with E-state index in [0.29, 0.717) is 5.96 Å². The first kappa shape index (κ1) is 22.5. The van der Waals surface area contributed by atoms with Crippen molar-refractivity contribution in [2.75, 3.05) is 13.6 Å². The lowest BCUT2D eigenvalue weighted by Crippen LogP contribution is -2.38. The van der Waals surface area contributed by atoms with Crippen molar-refractivity contribution in [2.24, 2.45) is 4.99 Å². The van der Waals surface area contributed by atoms with E-state index in [4.69, 9.17) is 0 Å². The van der Waals surface area contributed by atoms with Crippen LogP contribution in [0.1, 0.15) is 16.3 Å². The molecule has 0 amide bonds. The Hall–Kier alpha value is -1.50. The summed E-state index contributed by atoms with van der Waals surface area (Å²) >= 11 is 0.886. The van der Waals surface area contributed by atoms with Crippen LogP contribution >= 0.6 is 35.3 Å². The highest BCUT2D eigenvalue weighted by molar-refractivity contribution is 14.0. The highest BCUT2D eigenvalue weighted by Crippen LogP contribution is 2.29. The topological polar surface area (TPSA) is 49.3 Å². The number of hydrogen-bond donors (Lipinski definition) is 2. The molecule has 0 unspecified atom stereocenters. The average Bonchev–Trinajstić information content (AvgIpc) is 3.04. The predicted molar refractivity (Wildman–Crippen MR) is 101 cm³/mol. The standard InChI is InChI=1S/C15H15F5N4S.HI/c1-21-14(22-6-5-9-3-2-4-10(16)13(9)17)23-7-12-24-11(8-25-12)15(18,19)20;/h2-4,8H,5-7H2,1H3,(H2,21,22,23);1H. The quantitative estimate of drug-likeness (QED) is 0.280.